The fourth-order valence-electron chi connectivity index (χ4n) is 1.64. The normalized spacial score (nSPS) is 14.7. The van der Waals surface area contributed by atoms with Gasteiger partial charge in [-0.15, -0.1) is 0 Å². The fourth-order valence-corrected chi connectivity index (χ4v) is 1.64. The summed E-state index contributed by atoms with van der Waals surface area (Å²) >= 11 is 0. The van der Waals surface area contributed by atoms with Gasteiger partial charge in [-0.1, -0.05) is 19.1 Å². The molecule has 0 saturated carbocycles. The highest BCUT2D eigenvalue weighted by molar-refractivity contribution is 5.32. The van der Waals surface area contributed by atoms with Crippen LogP contribution in [-0.2, 0) is 5.60 Å². The van der Waals surface area contributed by atoms with E-state index in [0.29, 0.717) is 13.0 Å². The third-order valence-electron chi connectivity index (χ3n) is 2.66. The number of hydrogen-bond acceptors (Lipinski definition) is 3. The van der Waals surface area contributed by atoms with Gasteiger partial charge in [-0.05, 0) is 31.2 Å². The van der Waals surface area contributed by atoms with Gasteiger partial charge >= 0.3 is 0 Å². The summed E-state index contributed by atoms with van der Waals surface area (Å²) in [5.74, 6) is 0.774. The Morgan fingerprint density at radius 2 is 2.20 bits per heavy atom. The molecule has 2 N–H and O–H groups in total. The maximum Gasteiger partial charge on any atom is 0.119 e. The average molecular weight is 209 g/mol. The first-order chi connectivity index (χ1) is 7.16. The van der Waals surface area contributed by atoms with Crippen LogP contribution >= 0.6 is 0 Å². The van der Waals surface area contributed by atoms with Gasteiger partial charge in [0.15, 0.2) is 0 Å². The van der Waals surface area contributed by atoms with Crippen molar-refractivity contribution in [3.05, 3.63) is 29.8 Å². The molecule has 0 aromatic heterocycles. The number of likely N-dealkylation sites (N-methyl/N-ethyl adjacent to an activating group) is 1. The molecule has 15 heavy (non-hydrogen) atoms. The van der Waals surface area contributed by atoms with E-state index in [2.05, 4.69) is 5.32 Å². The van der Waals surface area contributed by atoms with Gasteiger partial charge in [-0.3, -0.25) is 0 Å². The van der Waals surface area contributed by atoms with E-state index in [1.807, 2.05) is 38.2 Å². The van der Waals surface area contributed by atoms with Gasteiger partial charge in [0.1, 0.15) is 11.4 Å². The average Bonchev–Trinajstić information content (AvgIpc) is 2.29. The number of nitrogens with one attached hydrogen (secondary N) is 1. The lowest BCUT2D eigenvalue weighted by molar-refractivity contribution is 0.0344. The minimum atomic E-state index is -0.816. The zero-order valence-electron chi connectivity index (χ0n) is 9.58. The van der Waals surface area contributed by atoms with E-state index in [4.69, 9.17) is 4.74 Å². The van der Waals surface area contributed by atoms with Crippen molar-refractivity contribution in [2.45, 2.75) is 18.9 Å². The monoisotopic (exact) mass is 209 g/mol. The molecule has 1 aromatic carbocycles. The second-order valence-corrected chi connectivity index (χ2v) is 3.65. The van der Waals surface area contributed by atoms with Gasteiger partial charge in [0.2, 0.25) is 0 Å². The van der Waals surface area contributed by atoms with Gasteiger partial charge in [0.05, 0.1) is 7.11 Å². The van der Waals surface area contributed by atoms with E-state index >= 15 is 0 Å². The van der Waals surface area contributed by atoms with Crippen LogP contribution in [0.25, 0.3) is 0 Å². The van der Waals surface area contributed by atoms with Crippen molar-refractivity contribution in [3.8, 4) is 5.75 Å². The van der Waals surface area contributed by atoms with Crippen molar-refractivity contribution < 1.29 is 9.84 Å². The van der Waals surface area contributed by atoms with Gasteiger partial charge in [-0.25, -0.2) is 0 Å². The summed E-state index contributed by atoms with van der Waals surface area (Å²) in [6, 6.07) is 7.56. The molecule has 0 fully saturated rings. The first kappa shape index (κ1) is 12.0. The standard InChI is InChI=1S/C12H19NO2/c1-4-12(14,9-13-2)10-6-5-7-11(8-10)15-3/h5-8,13-14H,4,9H2,1-3H3. The van der Waals surface area contributed by atoms with Gasteiger partial charge in [0, 0.05) is 6.54 Å². The summed E-state index contributed by atoms with van der Waals surface area (Å²) in [6.45, 7) is 2.51. The third kappa shape index (κ3) is 2.70. The minimum Gasteiger partial charge on any atom is -0.497 e. The van der Waals surface area contributed by atoms with Gasteiger partial charge < -0.3 is 15.2 Å². The van der Waals surface area contributed by atoms with Crippen LogP contribution < -0.4 is 10.1 Å². The largest absolute Gasteiger partial charge is 0.497 e. The number of ether oxygens (including phenoxy) is 1. The first-order valence-electron chi connectivity index (χ1n) is 5.18. The Bertz CT molecular complexity index is 314. The predicted octanol–water partition coefficient (Wildman–Crippen LogP) is 1.51. The molecule has 0 aliphatic rings. The molecular formula is C12H19NO2. The Labute approximate surface area is 91.1 Å². The molecule has 3 nitrogen and oxygen atoms in total. The second-order valence-electron chi connectivity index (χ2n) is 3.65. The highest BCUT2D eigenvalue weighted by atomic mass is 16.5. The Balaban J connectivity index is 3.00. The number of benzene rings is 1. The molecule has 0 bridgehead atoms. The molecule has 1 aromatic rings. The molecule has 3 heteroatoms. The van der Waals surface area contributed by atoms with Crippen LogP contribution in [0.4, 0.5) is 0 Å². The number of methoxy groups -OCH3 is 1. The summed E-state index contributed by atoms with van der Waals surface area (Å²) in [4.78, 5) is 0. The Kier molecular flexibility index (Phi) is 4.12. The maximum atomic E-state index is 10.4. The lowest BCUT2D eigenvalue weighted by Crippen LogP contribution is -2.35. The molecule has 0 aliphatic heterocycles. The summed E-state index contributed by atoms with van der Waals surface area (Å²) in [6.07, 6.45) is 0.668. The zero-order valence-corrected chi connectivity index (χ0v) is 9.58. The Morgan fingerprint density at radius 1 is 1.47 bits per heavy atom. The molecule has 0 radical (unpaired) electrons. The van der Waals surface area contributed by atoms with Crippen molar-refractivity contribution >= 4 is 0 Å². The van der Waals surface area contributed by atoms with Crippen molar-refractivity contribution in [2.75, 3.05) is 20.7 Å². The maximum absolute atomic E-state index is 10.4. The fraction of sp³-hybridized carbons (Fsp3) is 0.500. The molecule has 0 amide bonds. The highest BCUT2D eigenvalue weighted by Crippen LogP contribution is 2.26. The summed E-state index contributed by atoms with van der Waals surface area (Å²) < 4.78 is 5.14. The lowest BCUT2D eigenvalue weighted by atomic mass is 9.91. The van der Waals surface area contributed by atoms with Gasteiger partial charge in [0.25, 0.3) is 0 Å². The summed E-state index contributed by atoms with van der Waals surface area (Å²) in [5.41, 5.74) is 0.0715. The first-order valence-corrected chi connectivity index (χ1v) is 5.18. The van der Waals surface area contributed by atoms with Crippen LogP contribution in [0.5, 0.6) is 5.75 Å². The summed E-state index contributed by atoms with van der Waals surface area (Å²) in [5, 5.41) is 13.4. The van der Waals surface area contributed by atoms with E-state index in [1.165, 1.54) is 0 Å². The van der Waals surface area contributed by atoms with Crippen LogP contribution in [0.15, 0.2) is 24.3 Å². The molecule has 0 aliphatic carbocycles. The van der Waals surface area contributed by atoms with Crippen LogP contribution in [0.1, 0.15) is 18.9 Å². The van der Waals surface area contributed by atoms with Gasteiger partial charge in [-0.2, -0.15) is 0 Å². The van der Waals surface area contributed by atoms with E-state index in [0.717, 1.165) is 11.3 Å². The molecule has 1 rings (SSSR count). The van der Waals surface area contributed by atoms with Crippen LogP contribution in [0.3, 0.4) is 0 Å². The molecule has 1 atom stereocenters. The number of rotatable bonds is 5. The second kappa shape index (κ2) is 5.14. The lowest BCUT2D eigenvalue weighted by Gasteiger charge is -2.27. The molecular weight excluding hydrogens is 190 g/mol. The smallest absolute Gasteiger partial charge is 0.119 e. The van der Waals surface area contributed by atoms with Crippen molar-refractivity contribution in [2.24, 2.45) is 0 Å². The number of aliphatic hydroxyl groups is 1. The van der Waals surface area contributed by atoms with E-state index in [9.17, 15) is 5.11 Å². The molecule has 0 saturated heterocycles. The molecule has 1 unspecified atom stereocenters. The topological polar surface area (TPSA) is 41.5 Å². The van der Waals surface area contributed by atoms with Crippen molar-refractivity contribution in [1.82, 2.24) is 5.32 Å². The number of hydrogen-bond donors (Lipinski definition) is 2. The predicted molar refractivity (Wildman–Crippen MR) is 61.1 cm³/mol. The quantitative estimate of drug-likeness (QED) is 0.772. The summed E-state index contributed by atoms with van der Waals surface area (Å²) in [7, 11) is 3.46. The van der Waals surface area contributed by atoms with Crippen molar-refractivity contribution in [1.29, 1.82) is 0 Å². The SMILES string of the molecule is CCC(O)(CNC)c1cccc(OC)c1. The van der Waals surface area contributed by atoms with E-state index in [-0.39, 0.29) is 0 Å². The molecule has 0 heterocycles. The third-order valence-corrected chi connectivity index (χ3v) is 2.66. The zero-order chi connectivity index (χ0) is 11.3. The Hall–Kier alpha value is -1.06. The highest BCUT2D eigenvalue weighted by Gasteiger charge is 2.26. The van der Waals surface area contributed by atoms with Crippen LogP contribution in [-0.4, -0.2) is 25.8 Å². The Morgan fingerprint density at radius 3 is 2.73 bits per heavy atom. The van der Waals surface area contributed by atoms with Crippen molar-refractivity contribution in [3.63, 3.8) is 0 Å². The molecule has 0 spiro atoms. The van der Waals surface area contributed by atoms with Crippen LogP contribution in [0.2, 0.25) is 0 Å². The van der Waals surface area contributed by atoms with E-state index < -0.39 is 5.60 Å². The molecule has 84 valence electrons. The minimum absolute atomic E-state index is 0.538. The van der Waals surface area contributed by atoms with E-state index in [1.54, 1.807) is 7.11 Å². The van der Waals surface area contributed by atoms with Crippen LogP contribution in [0, 0.1) is 0 Å².